The Kier molecular flexibility index (Phi) is 6.52. The first-order valence-electron chi connectivity index (χ1n) is 6.51. The van der Waals surface area contributed by atoms with Crippen molar-refractivity contribution < 1.29 is 14.3 Å². The zero-order chi connectivity index (χ0) is 15.0. The van der Waals surface area contributed by atoms with Crippen molar-refractivity contribution in [2.45, 2.75) is 20.0 Å². The number of carbonyl (C=O) groups excluding carboxylic acids is 2. The van der Waals surface area contributed by atoms with Gasteiger partial charge in [0, 0.05) is 17.8 Å². The highest BCUT2D eigenvalue weighted by Gasteiger charge is 2.07. The molecule has 4 N–H and O–H groups in total. The molecule has 0 atom stereocenters. The fourth-order valence-corrected chi connectivity index (χ4v) is 1.44. The number of anilines is 1. The van der Waals surface area contributed by atoms with Crippen molar-refractivity contribution in [2.75, 3.05) is 25.4 Å². The van der Waals surface area contributed by atoms with Crippen LogP contribution in [0.2, 0.25) is 0 Å². The van der Waals surface area contributed by atoms with Gasteiger partial charge in [-0.05, 0) is 38.1 Å². The third kappa shape index (κ3) is 6.19. The number of hydrogen-bond acceptors (Lipinski definition) is 4. The third-order valence-corrected chi connectivity index (χ3v) is 2.46. The van der Waals surface area contributed by atoms with E-state index in [-0.39, 0.29) is 24.5 Å². The van der Waals surface area contributed by atoms with Gasteiger partial charge in [0.05, 0.1) is 19.3 Å². The summed E-state index contributed by atoms with van der Waals surface area (Å²) in [4.78, 5) is 23.2. The molecular weight excluding hydrogens is 258 g/mol. The minimum atomic E-state index is -0.307. The molecule has 0 saturated heterocycles. The molecule has 0 aliphatic rings. The Morgan fingerprint density at radius 3 is 2.45 bits per heavy atom. The van der Waals surface area contributed by atoms with Crippen molar-refractivity contribution in [2.24, 2.45) is 0 Å². The largest absolute Gasteiger partial charge is 0.399 e. The maximum absolute atomic E-state index is 11.7. The normalized spacial score (nSPS) is 10.3. The molecule has 6 heteroatoms. The second-order valence-corrected chi connectivity index (χ2v) is 4.57. The van der Waals surface area contributed by atoms with Gasteiger partial charge in [-0.2, -0.15) is 0 Å². The van der Waals surface area contributed by atoms with Crippen molar-refractivity contribution in [1.29, 1.82) is 0 Å². The molecule has 0 unspecified atom stereocenters. The first-order chi connectivity index (χ1) is 9.49. The topological polar surface area (TPSA) is 93.5 Å². The van der Waals surface area contributed by atoms with Crippen LogP contribution in [0, 0.1) is 0 Å². The fourth-order valence-electron chi connectivity index (χ4n) is 1.44. The number of carbonyl (C=O) groups is 2. The summed E-state index contributed by atoms with van der Waals surface area (Å²) in [6.45, 7) is 4.66. The molecule has 0 aromatic heterocycles. The predicted molar refractivity (Wildman–Crippen MR) is 77.3 cm³/mol. The monoisotopic (exact) mass is 279 g/mol. The molecule has 110 valence electrons. The number of nitrogen functional groups attached to an aromatic ring is 1. The van der Waals surface area contributed by atoms with Gasteiger partial charge in [-0.15, -0.1) is 0 Å². The summed E-state index contributed by atoms with van der Waals surface area (Å²) in [6, 6.07) is 6.49. The van der Waals surface area contributed by atoms with Gasteiger partial charge in [0.25, 0.3) is 5.91 Å². The first-order valence-corrected chi connectivity index (χ1v) is 6.51. The number of hydrogen-bond donors (Lipinski definition) is 3. The summed E-state index contributed by atoms with van der Waals surface area (Å²) in [5.41, 5.74) is 6.59. The summed E-state index contributed by atoms with van der Waals surface area (Å²) >= 11 is 0. The lowest BCUT2D eigenvalue weighted by atomic mass is 10.2. The molecule has 0 saturated carbocycles. The number of benzene rings is 1. The van der Waals surface area contributed by atoms with E-state index in [2.05, 4.69) is 10.6 Å². The van der Waals surface area contributed by atoms with Gasteiger partial charge in [-0.3, -0.25) is 9.59 Å². The van der Waals surface area contributed by atoms with Crippen LogP contribution in [0.25, 0.3) is 0 Å². The van der Waals surface area contributed by atoms with Crippen molar-refractivity contribution in [3.63, 3.8) is 0 Å². The predicted octanol–water partition coefficient (Wildman–Crippen LogP) is 0.540. The Morgan fingerprint density at radius 1 is 1.20 bits per heavy atom. The molecule has 0 heterocycles. The molecule has 2 amide bonds. The van der Waals surface area contributed by atoms with Crippen LogP contribution in [-0.2, 0) is 9.53 Å². The Balaban J connectivity index is 2.23. The van der Waals surface area contributed by atoms with Crippen molar-refractivity contribution in [1.82, 2.24) is 10.6 Å². The van der Waals surface area contributed by atoms with Gasteiger partial charge in [-0.1, -0.05) is 0 Å². The maximum Gasteiger partial charge on any atom is 0.251 e. The van der Waals surface area contributed by atoms with Crippen molar-refractivity contribution >= 4 is 17.5 Å². The van der Waals surface area contributed by atoms with E-state index >= 15 is 0 Å². The molecule has 0 bridgehead atoms. The molecule has 1 rings (SSSR count). The van der Waals surface area contributed by atoms with E-state index in [0.29, 0.717) is 24.4 Å². The summed E-state index contributed by atoms with van der Waals surface area (Å²) in [5.74, 6) is -0.556. The lowest BCUT2D eigenvalue weighted by Gasteiger charge is -2.09. The number of ether oxygens (including phenoxy) is 1. The van der Waals surface area contributed by atoms with Crippen LogP contribution >= 0.6 is 0 Å². The number of amides is 2. The van der Waals surface area contributed by atoms with Gasteiger partial charge in [0.1, 0.15) is 0 Å². The molecule has 0 aliphatic heterocycles. The fraction of sp³-hybridized carbons (Fsp3) is 0.429. The van der Waals surface area contributed by atoms with Gasteiger partial charge in [0.2, 0.25) is 5.91 Å². The standard InChI is InChI=1S/C14H21N3O3/c1-10(2)20-8-7-16-13(18)9-17-14(19)11-3-5-12(15)6-4-11/h3-6,10H,7-9,15H2,1-2H3,(H,16,18)(H,17,19). The van der Waals surface area contributed by atoms with Gasteiger partial charge < -0.3 is 21.1 Å². The second kappa shape index (κ2) is 8.16. The lowest BCUT2D eigenvalue weighted by Crippen LogP contribution is -2.38. The molecular formula is C14H21N3O3. The van der Waals surface area contributed by atoms with Crippen LogP contribution in [0.15, 0.2) is 24.3 Å². The number of nitrogens with two attached hydrogens (primary N) is 1. The molecule has 6 nitrogen and oxygen atoms in total. The minimum absolute atomic E-state index is 0.0646. The molecule has 0 aliphatic carbocycles. The molecule has 1 aromatic rings. The Labute approximate surface area is 118 Å². The smallest absolute Gasteiger partial charge is 0.251 e. The Hall–Kier alpha value is -2.08. The summed E-state index contributed by atoms with van der Waals surface area (Å²) in [6.07, 6.45) is 0.136. The van der Waals surface area contributed by atoms with Crippen molar-refractivity contribution in [3.05, 3.63) is 29.8 Å². The van der Waals surface area contributed by atoms with Gasteiger partial charge >= 0.3 is 0 Å². The highest BCUT2D eigenvalue weighted by Crippen LogP contribution is 2.04. The van der Waals surface area contributed by atoms with E-state index in [9.17, 15) is 9.59 Å². The summed E-state index contributed by atoms with van der Waals surface area (Å²) < 4.78 is 5.28. The maximum atomic E-state index is 11.7. The summed E-state index contributed by atoms with van der Waals surface area (Å²) in [7, 11) is 0. The van der Waals surface area contributed by atoms with Gasteiger partial charge in [0.15, 0.2) is 0 Å². The van der Waals surface area contributed by atoms with E-state index in [0.717, 1.165) is 0 Å². The average molecular weight is 279 g/mol. The average Bonchev–Trinajstić information content (AvgIpc) is 2.41. The zero-order valence-electron chi connectivity index (χ0n) is 11.8. The van der Waals surface area contributed by atoms with Crippen LogP contribution in [0.4, 0.5) is 5.69 Å². The second-order valence-electron chi connectivity index (χ2n) is 4.57. The van der Waals surface area contributed by atoms with E-state index in [4.69, 9.17) is 10.5 Å². The molecule has 1 aromatic carbocycles. The van der Waals surface area contributed by atoms with Crippen LogP contribution < -0.4 is 16.4 Å². The third-order valence-electron chi connectivity index (χ3n) is 2.46. The molecule has 0 fully saturated rings. The number of nitrogens with one attached hydrogen (secondary N) is 2. The quantitative estimate of drug-likeness (QED) is 0.501. The SMILES string of the molecule is CC(C)OCCNC(=O)CNC(=O)c1ccc(N)cc1. The molecule has 20 heavy (non-hydrogen) atoms. The van der Waals surface area contributed by atoms with Gasteiger partial charge in [-0.25, -0.2) is 0 Å². The minimum Gasteiger partial charge on any atom is -0.399 e. The number of rotatable bonds is 7. The van der Waals surface area contributed by atoms with Crippen molar-refractivity contribution in [3.8, 4) is 0 Å². The Bertz CT molecular complexity index is 443. The van der Waals surface area contributed by atoms with Crippen LogP contribution in [0.3, 0.4) is 0 Å². The molecule has 0 spiro atoms. The Morgan fingerprint density at radius 2 is 1.85 bits per heavy atom. The van der Waals surface area contributed by atoms with E-state index in [1.165, 1.54) is 0 Å². The lowest BCUT2D eigenvalue weighted by molar-refractivity contribution is -0.120. The highest BCUT2D eigenvalue weighted by molar-refractivity contribution is 5.96. The van der Waals surface area contributed by atoms with Crippen LogP contribution in [-0.4, -0.2) is 37.6 Å². The molecule has 0 radical (unpaired) electrons. The zero-order valence-corrected chi connectivity index (χ0v) is 11.8. The van der Waals surface area contributed by atoms with Crippen LogP contribution in [0.1, 0.15) is 24.2 Å². The summed E-state index contributed by atoms with van der Waals surface area (Å²) in [5, 5.41) is 5.19. The van der Waals surface area contributed by atoms with Crippen LogP contribution in [0.5, 0.6) is 0 Å². The van der Waals surface area contributed by atoms with E-state index in [1.54, 1.807) is 24.3 Å². The highest BCUT2D eigenvalue weighted by atomic mass is 16.5. The first kappa shape index (κ1) is 16.0. The van der Waals surface area contributed by atoms with E-state index < -0.39 is 0 Å². The van der Waals surface area contributed by atoms with E-state index in [1.807, 2.05) is 13.8 Å².